The molecule has 6 nitrogen and oxygen atoms in total. The third-order valence-corrected chi connectivity index (χ3v) is 5.77. The minimum atomic E-state index is 0.0236. The predicted octanol–water partition coefficient (Wildman–Crippen LogP) is 3.95. The van der Waals surface area contributed by atoms with E-state index in [0.717, 1.165) is 20.0 Å². The first-order chi connectivity index (χ1) is 10.8. The molecule has 9 heteroatoms. The van der Waals surface area contributed by atoms with Crippen molar-refractivity contribution in [2.45, 2.75) is 27.8 Å². The Kier molecular flexibility index (Phi) is 5.06. The van der Waals surface area contributed by atoms with E-state index in [0.29, 0.717) is 11.7 Å². The lowest BCUT2D eigenvalue weighted by molar-refractivity contribution is 0.381. The van der Waals surface area contributed by atoms with E-state index in [1.807, 2.05) is 19.1 Å². The Balaban J connectivity index is 1.70. The maximum atomic E-state index is 5.36. The quantitative estimate of drug-likeness (QED) is 0.618. The van der Waals surface area contributed by atoms with Crippen molar-refractivity contribution in [3.05, 3.63) is 30.4 Å². The van der Waals surface area contributed by atoms with Crippen LogP contribution in [0.3, 0.4) is 0 Å². The summed E-state index contributed by atoms with van der Waals surface area (Å²) in [5.41, 5.74) is 0.889. The van der Waals surface area contributed by atoms with Gasteiger partial charge >= 0.3 is 0 Å². The first kappa shape index (κ1) is 15.4. The molecule has 0 radical (unpaired) electrons. The second-order valence-corrected chi connectivity index (χ2v) is 8.30. The van der Waals surface area contributed by atoms with Gasteiger partial charge in [0.25, 0.3) is 0 Å². The van der Waals surface area contributed by atoms with Crippen LogP contribution in [-0.4, -0.2) is 31.1 Å². The van der Waals surface area contributed by atoms with Crippen LogP contribution in [0, 0.1) is 0 Å². The molecule has 22 heavy (non-hydrogen) atoms. The fourth-order valence-electron chi connectivity index (χ4n) is 1.65. The van der Waals surface area contributed by atoms with Gasteiger partial charge in [-0.2, -0.15) is 4.98 Å². The van der Waals surface area contributed by atoms with Gasteiger partial charge in [-0.1, -0.05) is 46.9 Å². The normalized spacial score (nSPS) is 12.5. The maximum absolute atomic E-state index is 5.36. The van der Waals surface area contributed by atoms with E-state index in [1.165, 1.54) is 0 Å². The zero-order valence-corrected chi connectivity index (χ0v) is 14.4. The van der Waals surface area contributed by atoms with Gasteiger partial charge in [0.1, 0.15) is 0 Å². The van der Waals surface area contributed by atoms with Crippen molar-refractivity contribution >= 4 is 34.9 Å². The number of rotatable bonds is 6. The highest BCUT2D eigenvalue weighted by Crippen LogP contribution is 2.37. The number of hydrogen-bond donors (Lipinski definition) is 0. The number of pyridine rings is 1. The summed E-state index contributed by atoms with van der Waals surface area (Å²) in [4.78, 5) is 8.42. The van der Waals surface area contributed by atoms with Gasteiger partial charge in [0, 0.05) is 18.0 Å². The highest BCUT2D eigenvalue weighted by molar-refractivity contribution is 8.03. The Bertz CT molecular complexity index is 730. The second kappa shape index (κ2) is 7.21. The summed E-state index contributed by atoms with van der Waals surface area (Å²) in [7, 11) is 0. The second-order valence-electron chi connectivity index (χ2n) is 4.22. The van der Waals surface area contributed by atoms with Crippen molar-refractivity contribution in [3.8, 4) is 11.4 Å². The molecule has 0 fully saturated rings. The van der Waals surface area contributed by atoms with E-state index in [-0.39, 0.29) is 5.25 Å². The van der Waals surface area contributed by atoms with Gasteiger partial charge < -0.3 is 4.52 Å². The summed E-state index contributed by atoms with van der Waals surface area (Å²) in [6.45, 7) is 4.11. The molecule has 0 spiro atoms. The smallest absolute Gasteiger partial charge is 0.240 e. The SMILES string of the molecule is CCSc1nnc(S[C@H](C)c2nc(-c3ccncc3)no2)s1. The molecule has 3 rings (SSSR count). The Morgan fingerprint density at radius 3 is 2.77 bits per heavy atom. The molecular formula is C13H13N5OS3. The standard InChI is InChI=1S/C13H13N5OS3/c1-3-20-12-16-17-13(22-12)21-8(2)11-15-10(18-19-11)9-4-6-14-7-5-9/h4-8H,3H2,1-2H3/t8-/m1/s1. The number of nitrogens with zero attached hydrogens (tertiary/aromatic N) is 5. The fraction of sp³-hybridized carbons (Fsp3) is 0.308. The first-order valence-electron chi connectivity index (χ1n) is 6.63. The minimum Gasteiger partial charge on any atom is -0.338 e. The van der Waals surface area contributed by atoms with Crippen molar-refractivity contribution in [2.24, 2.45) is 0 Å². The first-order valence-corrected chi connectivity index (χ1v) is 9.31. The zero-order valence-electron chi connectivity index (χ0n) is 12.0. The van der Waals surface area contributed by atoms with Crippen molar-refractivity contribution in [2.75, 3.05) is 5.75 Å². The molecule has 3 aromatic rings. The Morgan fingerprint density at radius 1 is 1.23 bits per heavy atom. The van der Waals surface area contributed by atoms with Crippen LogP contribution in [-0.2, 0) is 0 Å². The molecule has 114 valence electrons. The third kappa shape index (κ3) is 3.65. The average Bonchev–Trinajstić information content (AvgIpc) is 3.18. The molecule has 0 N–H and O–H groups in total. The van der Waals surface area contributed by atoms with Gasteiger partial charge in [0.2, 0.25) is 11.7 Å². The van der Waals surface area contributed by atoms with E-state index >= 15 is 0 Å². The summed E-state index contributed by atoms with van der Waals surface area (Å²) in [6.07, 6.45) is 3.41. The molecule has 1 atom stereocenters. The lowest BCUT2D eigenvalue weighted by atomic mass is 10.2. The van der Waals surface area contributed by atoms with Gasteiger partial charge in [-0.15, -0.1) is 10.2 Å². The van der Waals surface area contributed by atoms with E-state index in [2.05, 4.69) is 32.2 Å². The fourth-order valence-corrected chi connectivity index (χ4v) is 4.74. The van der Waals surface area contributed by atoms with Gasteiger partial charge in [-0.05, 0) is 24.8 Å². The van der Waals surface area contributed by atoms with E-state index in [1.54, 1.807) is 47.3 Å². The lowest BCUT2D eigenvalue weighted by Gasteiger charge is -2.01. The van der Waals surface area contributed by atoms with Crippen molar-refractivity contribution in [1.82, 2.24) is 25.3 Å². The highest BCUT2D eigenvalue weighted by atomic mass is 32.2. The summed E-state index contributed by atoms with van der Waals surface area (Å²) < 4.78 is 7.25. The van der Waals surface area contributed by atoms with Crippen molar-refractivity contribution in [1.29, 1.82) is 0 Å². The number of aromatic nitrogens is 5. The van der Waals surface area contributed by atoms with Crippen LogP contribution in [0.1, 0.15) is 25.0 Å². The third-order valence-electron chi connectivity index (χ3n) is 2.66. The van der Waals surface area contributed by atoms with Crippen molar-refractivity contribution < 1.29 is 4.52 Å². The maximum Gasteiger partial charge on any atom is 0.240 e. The largest absolute Gasteiger partial charge is 0.338 e. The molecule has 0 bridgehead atoms. The Hall–Kier alpha value is -1.45. The zero-order chi connectivity index (χ0) is 15.4. The molecule has 0 amide bonds. The molecule has 0 aliphatic heterocycles. The van der Waals surface area contributed by atoms with E-state index in [4.69, 9.17) is 4.52 Å². The minimum absolute atomic E-state index is 0.0236. The molecule has 3 aromatic heterocycles. The van der Waals surface area contributed by atoms with Crippen molar-refractivity contribution in [3.63, 3.8) is 0 Å². The molecule has 3 heterocycles. The molecule has 0 unspecified atom stereocenters. The topological polar surface area (TPSA) is 77.6 Å². The number of thioether (sulfide) groups is 2. The van der Waals surface area contributed by atoms with Gasteiger partial charge in [-0.3, -0.25) is 4.98 Å². The predicted molar refractivity (Wildman–Crippen MR) is 88.1 cm³/mol. The summed E-state index contributed by atoms with van der Waals surface area (Å²) in [5, 5.41) is 12.4. The van der Waals surface area contributed by atoms with Crippen LogP contribution in [0.25, 0.3) is 11.4 Å². The van der Waals surface area contributed by atoms with Crippen LogP contribution in [0.2, 0.25) is 0 Å². The van der Waals surface area contributed by atoms with E-state index < -0.39 is 0 Å². The monoisotopic (exact) mass is 351 g/mol. The summed E-state index contributed by atoms with van der Waals surface area (Å²) >= 11 is 4.86. The van der Waals surface area contributed by atoms with Gasteiger partial charge in [-0.25, -0.2) is 0 Å². The van der Waals surface area contributed by atoms with Crippen LogP contribution >= 0.6 is 34.9 Å². The Labute approximate surface area is 140 Å². The van der Waals surface area contributed by atoms with Crippen LogP contribution in [0.4, 0.5) is 0 Å². The van der Waals surface area contributed by atoms with Crippen LogP contribution < -0.4 is 0 Å². The lowest BCUT2D eigenvalue weighted by Crippen LogP contribution is -1.89. The average molecular weight is 351 g/mol. The van der Waals surface area contributed by atoms with Crippen LogP contribution in [0.15, 0.2) is 37.7 Å². The summed E-state index contributed by atoms with van der Waals surface area (Å²) in [6, 6.07) is 3.71. The van der Waals surface area contributed by atoms with Crippen LogP contribution in [0.5, 0.6) is 0 Å². The van der Waals surface area contributed by atoms with E-state index in [9.17, 15) is 0 Å². The van der Waals surface area contributed by atoms with Gasteiger partial charge in [0.05, 0.1) is 5.25 Å². The highest BCUT2D eigenvalue weighted by Gasteiger charge is 2.18. The molecule has 0 saturated carbocycles. The molecule has 0 aliphatic carbocycles. The molecule has 0 aromatic carbocycles. The Morgan fingerprint density at radius 2 is 2.00 bits per heavy atom. The van der Waals surface area contributed by atoms with Gasteiger partial charge in [0.15, 0.2) is 8.68 Å². The number of hydrogen-bond acceptors (Lipinski definition) is 9. The molecular weight excluding hydrogens is 338 g/mol. The molecule has 0 aliphatic rings. The molecule has 0 saturated heterocycles. The summed E-state index contributed by atoms with van der Waals surface area (Å²) in [5.74, 6) is 2.15.